The number of hydrogen-bond acceptors (Lipinski definition) is 3. The fourth-order valence-electron chi connectivity index (χ4n) is 1.61. The molecule has 7 heteroatoms. The third kappa shape index (κ3) is 2.02. The Morgan fingerprint density at radius 3 is 2.72 bits per heavy atom. The molecule has 2 aromatic rings. The highest BCUT2D eigenvalue weighted by atomic mass is 19.1. The van der Waals surface area contributed by atoms with Gasteiger partial charge in [0.1, 0.15) is 5.82 Å². The van der Waals surface area contributed by atoms with Crippen molar-refractivity contribution in [3.05, 3.63) is 52.0 Å². The van der Waals surface area contributed by atoms with Crippen molar-refractivity contribution in [3.63, 3.8) is 0 Å². The summed E-state index contributed by atoms with van der Waals surface area (Å²) < 4.78 is 15.7. The van der Waals surface area contributed by atoms with Crippen LogP contribution < -0.4 is 11.4 Å². The van der Waals surface area contributed by atoms with Crippen LogP contribution in [0.3, 0.4) is 0 Å². The summed E-state index contributed by atoms with van der Waals surface area (Å²) in [6.45, 7) is 0.00657. The Morgan fingerprint density at radius 2 is 2.17 bits per heavy atom. The molecule has 1 heterocycles. The smallest absolute Gasteiger partial charge is 0.346 e. The fraction of sp³-hybridized carbons (Fsp3) is 0.182. The molecule has 0 amide bonds. The molecule has 94 valence electrons. The maximum absolute atomic E-state index is 13.5. The molecular formula is C11H12FN5O. The molecule has 1 aromatic heterocycles. The molecule has 0 radical (unpaired) electrons. The van der Waals surface area contributed by atoms with E-state index in [9.17, 15) is 9.18 Å². The van der Waals surface area contributed by atoms with Gasteiger partial charge in [-0.25, -0.2) is 13.9 Å². The number of nitrogens with zero attached hydrogens (tertiary/aromatic N) is 3. The van der Waals surface area contributed by atoms with Gasteiger partial charge in [-0.05, 0) is 6.07 Å². The van der Waals surface area contributed by atoms with Gasteiger partial charge < -0.3 is 5.73 Å². The number of rotatable bonds is 3. The summed E-state index contributed by atoms with van der Waals surface area (Å²) in [5.74, 6) is -0.641. The van der Waals surface area contributed by atoms with Gasteiger partial charge in [0.2, 0.25) is 0 Å². The normalized spacial score (nSPS) is 10.6. The van der Waals surface area contributed by atoms with Crippen molar-refractivity contribution in [2.24, 2.45) is 12.8 Å². The van der Waals surface area contributed by atoms with Gasteiger partial charge in [0, 0.05) is 12.6 Å². The van der Waals surface area contributed by atoms with E-state index >= 15 is 0 Å². The largest absolute Gasteiger partial charge is 0.381 e. The van der Waals surface area contributed by atoms with Crippen molar-refractivity contribution in [2.45, 2.75) is 6.54 Å². The van der Waals surface area contributed by atoms with Crippen LogP contribution in [-0.4, -0.2) is 20.2 Å². The van der Waals surface area contributed by atoms with E-state index in [1.807, 2.05) is 0 Å². The SMILES string of the molecule is Cn1c(C(=N)N)nn(Cc2ccccc2F)c1=O. The number of nitrogens with one attached hydrogen (secondary N) is 1. The van der Waals surface area contributed by atoms with Gasteiger partial charge in [-0.2, -0.15) is 0 Å². The lowest BCUT2D eigenvalue weighted by atomic mass is 10.2. The Hall–Kier alpha value is -2.44. The van der Waals surface area contributed by atoms with Crippen molar-refractivity contribution in [1.82, 2.24) is 14.3 Å². The van der Waals surface area contributed by atoms with E-state index in [-0.39, 0.29) is 18.2 Å². The van der Waals surface area contributed by atoms with Crippen molar-refractivity contribution in [2.75, 3.05) is 0 Å². The first-order chi connectivity index (χ1) is 8.50. The minimum absolute atomic E-state index is 0.00657. The molecule has 0 saturated carbocycles. The summed E-state index contributed by atoms with van der Waals surface area (Å²) in [6.07, 6.45) is 0. The third-order valence-electron chi connectivity index (χ3n) is 2.56. The first kappa shape index (κ1) is 12.0. The molecule has 3 N–H and O–H groups in total. The van der Waals surface area contributed by atoms with Gasteiger partial charge in [0.25, 0.3) is 0 Å². The van der Waals surface area contributed by atoms with Crippen molar-refractivity contribution in [3.8, 4) is 0 Å². The second-order valence-corrected chi connectivity index (χ2v) is 3.83. The lowest BCUT2D eigenvalue weighted by Crippen LogP contribution is -2.25. The minimum Gasteiger partial charge on any atom is -0.381 e. The topological polar surface area (TPSA) is 89.7 Å². The van der Waals surface area contributed by atoms with Crippen LogP contribution in [0, 0.1) is 11.2 Å². The van der Waals surface area contributed by atoms with Gasteiger partial charge in [-0.15, -0.1) is 5.10 Å². The Balaban J connectivity index is 2.42. The molecule has 0 bridgehead atoms. The number of nitrogens with two attached hydrogens (primary N) is 1. The molecule has 0 unspecified atom stereocenters. The maximum atomic E-state index is 13.5. The van der Waals surface area contributed by atoms with Gasteiger partial charge in [-0.3, -0.25) is 9.98 Å². The molecule has 6 nitrogen and oxygen atoms in total. The Morgan fingerprint density at radius 1 is 1.50 bits per heavy atom. The zero-order valence-corrected chi connectivity index (χ0v) is 9.72. The van der Waals surface area contributed by atoms with Crippen molar-refractivity contribution in [1.29, 1.82) is 5.41 Å². The molecule has 18 heavy (non-hydrogen) atoms. The van der Waals surface area contributed by atoms with Crippen molar-refractivity contribution < 1.29 is 4.39 Å². The van der Waals surface area contributed by atoms with Gasteiger partial charge in [-0.1, -0.05) is 18.2 Å². The average Bonchev–Trinajstić information content (AvgIpc) is 2.60. The number of aromatic nitrogens is 3. The first-order valence-corrected chi connectivity index (χ1v) is 5.22. The number of benzene rings is 1. The third-order valence-corrected chi connectivity index (χ3v) is 2.56. The van der Waals surface area contributed by atoms with Gasteiger partial charge in [0.15, 0.2) is 11.7 Å². The van der Waals surface area contributed by atoms with Crippen molar-refractivity contribution >= 4 is 5.84 Å². The van der Waals surface area contributed by atoms with E-state index in [4.69, 9.17) is 11.1 Å². The standard InChI is InChI=1S/C11H12FN5O/c1-16-10(9(13)14)15-17(11(16)18)6-7-4-2-3-5-8(7)12/h2-5H,6H2,1H3,(H3,13,14). The summed E-state index contributed by atoms with van der Waals surface area (Å²) in [5.41, 5.74) is 5.21. The molecule has 0 saturated heterocycles. The molecule has 0 aliphatic heterocycles. The summed E-state index contributed by atoms with van der Waals surface area (Å²) >= 11 is 0. The molecule has 0 spiro atoms. The van der Waals surface area contributed by atoms with Crippen LogP contribution in [0.5, 0.6) is 0 Å². The second-order valence-electron chi connectivity index (χ2n) is 3.83. The van der Waals surface area contributed by atoms with E-state index in [1.165, 1.54) is 13.1 Å². The highest BCUT2D eigenvalue weighted by molar-refractivity contribution is 5.91. The Bertz CT molecular complexity index is 658. The summed E-state index contributed by atoms with van der Waals surface area (Å²) in [4.78, 5) is 11.8. The summed E-state index contributed by atoms with van der Waals surface area (Å²) in [6, 6.07) is 6.14. The minimum atomic E-state index is -0.441. The molecular weight excluding hydrogens is 237 g/mol. The van der Waals surface area contributed by atoms with Crippen LogP contribution >= 0.6 is 0 Å². The predicted octanol–water partition coefficient (Wildman–Crippen LogP) is 0.0533. The highest BCUT2D eigenvalue weighted by Gasteiger charge is 2.13. The van der Waals surface area contributed by atoms with Crippen LogP contribution in [0.4, 0.5) is 4.39 Å². The highest BCUT2D eigenvalue weighted by Crippen LogP contribution is 2.07. The molecule has 0 atom stereocenters. The lowest BCUT2D eigenvalue weighted by Gasteiger charge is -2.01. The second kappa shape index (κ2) is 4.44. The van der Waals surface area contributed by atoms with Crippen LogP contribution in [0.1, 0.15) is 11.4 Å². The van der Waals surface area contributed by atoms with E-state index in [0.29, 0.717) is 5.56 Å². The summed E-state index contributed by atoms with van der Waals surface area (Å²) in [7, 11) is 1.46. The van der Waals surface area contributed by atoms with E-state index in [0.717, 1.165) is 9.25 Å². The van der Waals surface area contributed by atoms with Crippen LogP contribution in [0.25, 0.3) is 0 Å². The average molecular weight is 249 g/mol. The van der Waals surface area contributed by atoms with Crippen LogP contribution in [-0.2, 0) is 13.6 Å². The maximum Gasteiger partial charge on any atom is 0.346 e. The van der Waals surface area contributed by atoms with Gasteiger partial charge >= 0.3 is 5.69 Å². The van der Waals surface area contributed by atoms with Gasteiger partial charge in [0.05, 0.1) is 6.54 Å². The van der Waals surface area contributed by atoms with Crippen LogP contribution in [0.15, 0.2) is 29.1 Å². The zero-order chi connectivity index (χ0) is 13.3. The Labute approximate surface area is 102 Å². The zero-order valence-electron chi connectivity index (χ0n) is 9.72. The quantitative estimate of drug-likeness (QED) is 0.595. The monoisotopic (exact) mass is 249 g/mol. The summed E-state index contributed by atoms with van der Waals surface area (Å²) in [5, 5.41) is 11.2. The Kier molecular flexibility index (Phi) is 2.97. The molecule has 0 fully saturated rings. The van der Waals surface area contributed by atoms with E-state index in [2.05, 4.69) is 5.10 Å². The molecule has 2 rings (SSSR count). The number of amidine groups is 1. The molecule has 1 aromatic carbocycles. The van der Waals surface area contributed by atoms with E-state index < -0.39 is 11.5 Å². The number of nitrogen functional groups attached to an aromatic ring is 1. The van der Waals surface area contributed by atoms with E-state index in [1.54, 1.807) is 18.2 Å². The molecule has 0 aliphatic rings. The molecule has 0 aliphatic carbocycles. The fourth-order valence-corrected chi connectivity index (χ4v) is 1.61. The predicted molar refractivity (Wildman–Crippen MR) is 64.0 cm³/mol. The lowest BCUT2D eigenvalue weighted by molar-refractivity contribution is 0.575. The van der Waals surface area contributed by atoms with Crippen LogP contribution in [0.2, 0.25) is 0 Å². The number of halogens is 1. The number of hydrogen-bond donors (Lipinski definition) is 2. The first-order valence-electron chi connectivity index (χ1n) is 5.22.